The van der Waals surface area contributed by atoms with Crippen molar-refractivity contribution in [1.29, 1.82) is 0 Å². The van der Waals surface area contributed by atoms with E-state index in [1.54, 1.807) is 30.3 Å². The van der Waals surface area contributed by atoms with Gasteiger partial charge < -0.3 is 23.8 Å². The zero-order valence-corrected chi connectivity index (χ0v) is 20.8. The van der Waals surface area contributed by atoms with Gasteiger partial charge in [0.2, 0.25) is 6.10 Å². The fourth-order valence-electron chi connectivity index (χ4n) is 4.69. The van der Waals surface area contributed by atoms with Gasteiger partial charge in [-0.1, -0.05) is 18.2 Å². The van der Waals surface area contributed by atoms with Crippen LogP contribution in [-0.4, -0.2) is 67.3 Å². The van der Waals surface area contributed by atoms with Crippen molar-refractivity contribution in [2.24, 2.45) is 0 Å². The lowest BCUT2D eigenvalue weighted by Gasteiger charge is -2.38. The number of aromatic nitrogens is 1. The summed E-state index contributed by atoms with van der Waals surface area (Å²) < 4.78 is 87.2. The number of likely N-dealkylation sites (tertiary alicyclic amines) is 1. The summed E-state index contributed by atoms with van der Waals surface area (Å²) >= 11 is 0. The molecule has 2 saturated heterocycles. The van der Waals surface area contributed by atoms with E-state index in [0.29, 0.717) is 37.2 Å². The maximum absolute atomic E-state index is 13.5. The molecule has 2 aliphatic heterocycles. The molecule has 1 unspecified atom stereocenters. The number of hydrogen-bond donors (Lipinski definition) is 0. The zero-order chi connectivity index (χ0) is 27.3. The second-order valence-electron chi connectivity index (χ2n) is 9.48. The average Bonchev–Trinajstić information content (AvgIpc) is 3.31. The van der Waals surface area contributed by atoms with E-state index in [4.69, 9.17) is 18.9 Å². The van der Waals surface area contributed by atoms with E-state index in [-0.39, 0.29) is 31.3 Å². The summed E-state index contributed by atoms with van der Waals surface area (Å²) in [7, 11) is 1.50. The van der Waals surface area contributed by atoms with Gasteiger partial charge in [-0.2, -0.15) is 13.2 Å². The van der Waals surface area contributed by atoms with Crippen molar-refractivity contribution < 1.29 is 45.7 Å². The van der Waals surface area contributed by atoms with Crippen molar-refractivity contribution in [3.05, 3.63) is 59.4 Å². The van der Waals surface area contributed by atoms with Gasteiger partial charge in [-0.15, -0.1) is 0 Å². The van der Waals surface area contributed by atoms with Crippen LogP contribution in [0.1, 0.15) is 48.4 Å². The number of halogens is 5. The molecule has 0 bridgehead atoms. The molecule has 12 heteroatoms. The number of methoxy groups -OCH3 is 1. The molecule has 0 N–H and O–H groups in total. The summed E-state index contributed by atoms with van der Waals surface area (Å²) in [6, 6.07) is 9.57. The number of piperidine rings is 1. The van der Waals surface area contributed by atoms with Crippen LogP contribution in [0.2, 0.25) is 0 Å². The molecule has 1 aromatic heterocycles. The molecule has 2 fully saturated rings. The van der Waals surface area contributed by atoms with Crippen molar-refractivity contribution in [2.45, 2.75) is 56.1 Å². The Labute approximate surface area is 216 Å². The Kier molecular flexibility index (Phi) is 8.71. The van der Waals surface area contributed by atoms with E-state index in [9.17, 15) is 26.7 Å². The summed E-state index contributed by atoms with van der Waals surface area (Å²) in [5.74, 6) is 0.573. The Morgan fingerprint density at radius 2 is 1.87 bits per heavy atom. The number of carbonyl (C=O) groups excluding carboxylic acids is 1. The van der Waals surface area contributed by atoms with Gasteiger partial charge in [0.05, 0.1) is 32.5 Å². The molecule has 38 heavy (non-hydrogen) atoms. The van der Waals surface area contributed by atoms with Crippen molar-refractivity contribution in [1.82, 2.24) is 9.88 Å². The van der Waals surface area contributed by atoms with Gasteiger partial charge in [0.15, 0.2) is 0 Å². The van der Waals surface area contributed by atoms with Gasteiger partial charge in [0.25, 0.3) is 6.43 Å². The normalized spacial score (nSPS) is 20.1. The predicted octanol–water partition coefficient (Wildman–Crippen LogP) is 5.65. The zero-order valence-electron chi connectivity index (χ0n) is 20.8. The highest BCUT2D eigenvalue weighted by Gasteiger charge is 2.47. The van der Waals surface area contributed by atoms with Crippen molar-refractivity contribution >= 4 is 6.09 Å². The standard InChI is InChI=1S/C26H29F5N2O5/c1-35-20-5-2-17(3-6-20)14-36-16-22(26(29,30)31)38-24(34)33-10-8-25(9-11-33)12-19(15-37-25)18-4-7-21(23(27)28)32-13-18/h2-7,13,19,22-23H,8-12,14-16H2,1H3/t19?,22-/m1/s1. The number of hydrogen-bond acceptors (Lipinski definition) is 6. The Balaban J connectivity index is 1.26. The molecule has 2 atom stereocenters. The molecule has 0 saturated carbocycles. The second-order valence-corrected chi connectivity index (χ2v) is 9.48. The van der Waals surface area contributed by atoms with E-state index in [1.807, 2.05) is 0 Å². The van der Waals surface area contributed by atoms with Gasteiger partial charge in [0, 0.05) is 25.2 Å². The molecular formula is C26H29F5N2O5. The third-order valence-corrected chi connectivity index (χ3v) is 6.95. The quantitative estimate of drug-likeness (QED) is 0.400. The molecule has 208 valence electrons. The van der Waals surface area contributed by atoms with Crippen LogP contribution < -0.4 is 4.74 Å². The monoisotopic (exact) mass is 544 g/mol. The van der Waals surface area contributed by atoms with E-state index in [2.05, 4.69) is 4.98 Å². The highest BCUT2D eigenvalue weighted by atomic mass is 19.4. The third kappa shape index (κ3) is 6.90. The number of alkyl halides is 5. The Morgan fingerprint density at radius 1 is 1.16 bits per heavy atom. The van der Waals surface area contributed by atoms with E-state index < -0.39 is 37.0 Å². The first-order valence-corrected chi connectivity index (χ1v) is 12.2. The van der Waals surface area contributed by atoms with Crippen LogP contribution in [0.4, 0.5) is 26.7 Å². The molecule has 4 rings (SSSR count). The molecule has 1 amide bonds. The van der Waals surface area contributed by atoms with E-state index in [1.165, 1.54) is 24.3 Å². The number of ether oxygens (including phenoxy) is 4. The maximum atomic E-state index is 13.5. The lowest BCUT2D eigenvalue weighted by molar-refractivity contribution is -0.220. The first-order chi connectivity index (χ1) is 18.1. The van der Waals surface area contributed by atoms with Gasteiger partial charge in [-0.25, -0.2) is 13.6 Å². The van der Waals surface area contributed by atoms with Gasteiger partial charge >= 0.3 is 12.3 Å². The first-order valence-electron chi connectivity index (χ1n) is 12.2. The fourth-order valence-corrected chi connectivity index (χ4v) is 4.69. The van der Waals surface area contributed by atoms with E-state index in [0.717, 1.165) is 5.56 Å². The molecule has 3 heterocycles. The van der Waals surface area contributed by atoms with Crippen molar-refractivity contribution in [3.63, 3.8) is 0 Å². The van der Waals surface area contributed by atoms with Crippen LogP contribution in [0.3, 0.4) is 0 Å². The molecule has 0 radical (unpaired) electrons. The topological polar surface area (TPSA) is 70.1 Å². The van der Waals surface area contributed by atoms with Crippen LogP contribution in [0.5, 0.6) is 5.75 Å². The van der Waals surface area contributed by atoms with Crippen LogP contribution >= 0.6 is 0 Å². The third-order valence-electron chi connectivity index (χ3n) is 6.95. The molecular weight excluding hydrogens is 515 g/mol. The average molecular weight is 545 g/mol. The highest BCUT2D eigenvalue weighted by molar-refractivity contribution is 5.68. The number of rotatable bonds is 8. The van der Waals surface area contributed by atoms with Gasteiger partial charge in [0.1, 0.15) is 11.4 Å². The highest BCUT2D eigenvalue weighted by Crippen LogP contribution is 2.43. The van der Waals surface area contributed by atoms with Crippen LogP contribution in [0.25, 0.3) is 0 Å². The minimum Gasteiger partial charge on any atom is -0.497 e. The molecule has 1 spiro atoms. The molecule has 2 aliphatic rings. The largest absolute Gasteiger partial charge is 0.497 e. The number of pyridine rings is 1. The van der Waals surface area contributed by atoms with Crippen molar-refractivity contribution in [2.75, 3.05) is 33.4 Å². The maximum Gasteiger partial charge on any atom is 0.427 e. The lowest BCUT2D eigenvalue weighted by atomic mass is 9.83. The van der Waals surface area contributed by atoms with Gasteiger partial charge in [-0.05, 0) is 48.6 Å². The molecule has 7 nitrogen and oxygen atoms in total. The van der Waals surface area contributed by atoms with E-state index >= 15 is 0 Å². The summed E-state index contributed by atoms with van der Waals surface area (Å²) in [6.45, 7) is -0.194. The van der Waals surface area contributed by atoms with Crippen LogP contribution in [0.15, 0.2) is 42.6 Å². The van der Waals surface area contributed by atoms with Crippen LogP contribution in [0, 0.1) is 0 Å². The Hall–Kier alpha value is -2.99. The summed E-state index contributed by atoms with van der Waals surface area (Å²) in [4.78, 5) is 17.6. The first kappa shape index (κ1) is 28.0. The SMILES string of the molecule is COc1ccc(COC[C@@H](OC(=O)N2CCC3(CC2)CC(c2ccc(C(F)F)nc2)CO3)C(F)(F)F)cc1. The number of amides is 1. The molecule has 0 aliphatic carbocycles. The number of carbonyl (C=O) groups is 1. The Morgan fingerprint density at radius 3 is 2.45 bits per heavy atom. The van der Waals surface area contributed by atoms with Gasteiger partial charge in [-0.3, -0.25) is 4.98 Å². The predicted molar refractivity (Wildman–Crippen MR) is 125 cm³/mol. The van der Waals surface area contributed by atoms with Crippen molar-refractivity contribution in [3.8, 4) is 5.75 Å². The second kappa shape index (κ2) is 11.8. The number of benzene rings is 1. The smallest absolute Gasteiger partial charge is 0.427 e. The summed E-state index contributed by atoms with van der Waals surface area (Å²) in [6.07, 6.45) is -8.02. The fraction of sp³-hybridized carbons (Fsp3) is 0.538. The minimum atomic E-state index is -4.79. The summed E-state index contributed by atoms with van der Waals surface area (Å²) in [5.41, 5.74) is 0.608. The number of nitrogens with zero attached hydrogens (tertiary/aromatic N) is 2. The van der Waals surface area contributed by atoms with Crippen LogP contribution in [-0.2, 0) is 20.8 Å². The molecule has 2 aromatic rings. The minimum absolute atomic E-state index is 0.0369. The summed E-state index contributed by atoms with van der Waals surface area (Å²) in [5, 5.41) is 0. The lowest BCUT2D eigenvalue weighted by Crippen LogP contribution is -2.49. The molecule has 1 aromatic carbocycles. The Bertz CT molecular complexity index is 1060.